The molecule has 1 atom stereocenters. The highest BCUT2D eigenvalue weighted by atomic mass is 35.5. The monoisotopic (exact) mass is 462 g/mol. The summed E-state index contributed by atoms with van der Waals surface area (Å²) >= 11 is 5.85. The summed E-state index contributed by atoms with van der Waals surface area (Å²) in [4.78, 5) is 10.8. The lowest BCUT2D eigenvalue weighted by atomic mass is 10.2. The quantitative estimate of drug-likeness (QED) is 0.407. The van der Waals surface area contributed by atoms with Gasteiger partial charge in [-0.3, -0.25) is 9.96 Å². The van der Waals surface area contributed by atoms with Crippen LogP contribution in [0.4, 0.5) is 15.9 Å². The number of fused-ring (bicyclic) bond motifs is 1. The Hall–Kier alpha value is -2.56. The summed E-state index contributed by atoms with van der Waals surface area (Å²) in [5.74, 6) is 0.612. The van der Waals surface area contributed by atoms with Crippen molar-refractivity contribution >= 4 is 34.0 Å². The largest absolute Gasteiger partial charge is 0.622 e. The van der Waals surface area contributed by atoms with E-state index in [1.165, 1.54) is 18.5 Å². The number of quaternary nitrogens is 1. The Morgan fingerprint density at radius 3 is 2.75 bits per heavy atom. The predicted octanol–water partition coefficient (Wildman–Crippen LogP) is 2.88. The van der Waals surface area contributed by atoms with Gasteiger partial charge in [0.1, 0.15) is 17.8 Å². The molecule has 32 heavy (non-hydrogen) atoms. The molecule has 1 N–H and O–H groups in total. The van der Waals surface area contributed by atoms with Crippen LogP contribution >= 0.6 is 11.6 Å². The fourth-order valence-electron chi connectivity index (χ4n) is 3.59. The minimum atomic E-state index is -0.590. The van der Waals surface area contributed by atoms with Crippen LogP contribution in [-0.2, 0) is 4.74 Å². The van der Waals surface area contributed by atoms with Crippen molar-refractivity contribution in [3.05, 3.63) is 52.7 Å². The second-order valence-corrected chi connectivity index (χ2v) is 7.76. The molecular formula is C22H24ClFN4O4. The Balaban J connectivity index is 1.56. The highest BCUT2D eigenvalue weighted by Gasteiger charge is 2.18. The van der Waals surface area contributed by atoms with Crippen LogP contribution in [0.3, 0.4) is 0 Å². The summed E-state index contributed by atoms with van der Waals surface area (Å²) in [5, 5.41) is 13.1. The molecular weight excluding hydrogens is 439 g/mol. The predicted molar refractivity (Wildman–Crippen MR) is 119 cm³/mol. The van der Waals surface area contributed by atoms with E-state index in [2.05, 4.69) is 14.9 Å². The van der Waals surface area contributed by atoms with E-state index in [1.807, 2.05) is 0 Å². The second kappa shape index (κ2) is 10.4. The van der Waals surface area contributed by atoms with E-state index >= 15 is 0 Å². The van der Waals surface area contributed by atoms with Crippen molar-refractivity contribution in [2.75, 3.05) is 46.6 Å². The van der Waals surface area contributed by atoms with Crippen molar-refractivity contribution in [2.24, 2.45) is 0 Å². The molecule has 0 radical (unpaired) electrons. The zero-order valence-corrected chi connectivity index (χ0v) is 18.4. The highest BCUT2D eigenvalue weighted by Crippen LogP contribution is 2.33. The number of hydrogen-bond acceptors (Lipinski definition) is 7. The standard InChI is InChI=1S/C22H24ClFN4O4/c1-30-20-13-19-16(12-21(20)32-8-2-5-27-6-9-31-10-7-27)22(26-14-25-19)28(29)15-3-4-18(24)17(23)11-15/h3-4,11-14,28H,2,5-10H2,1H3. The van der Waals surface area contributed by atoms with Gasteiger partial charge in [-0.2, -0.15) is 4.98 Å². The van der Waals surface area contributed by atoms with Gasteiger partial charge in [-0.05, 0) is 12.5 Å². The molecule has 1 aliphatic rings. The lowest BCUT2D eigenvalue weighted by Crippen LogP contribution is -2.96. The van der Waals surface area contributed by atoms with Gasteiger partial charge in [-0.25, -0.2) is 9.37 Å². The van der Waals surface area contributed by atoms with E-state index in [0.717, 1.165) is 45.3 Å². The van der Waals surface area contributed by atoms with Crippen LogP contribution in [0.2, 0.25) is 5.02 Å². The van der Waals surface area contributed by atoms with Gasteiger partial charge in [-0.1, -0.05) is 11.6 Å². The number of nitrogens with zero attached hydrogens (tertiary/aromatic N) is 3. The summed E-state index contributed by atoms with van der Waals surface area (Å²) in [6, 6.07) is 7.25. The molecule has 1 saturated heterocycles. The molecule has 0 bridgehead atoms. The van der Waals surface area contributed by atoms with Crippen molar-refractivity contribution in [1.82, 2.24) is 14.9 Å². The fraction of sp³-hybridized carbons (Fsp3) is 0.364. The highest BCUT2D eigenvalue weighted by molar-refractivity contribution is 6.30. The van der Waals surface area contributed by atoms with Crippen LogP contribution in [0.5, 0.6) is 11.5 Å². The lowest BCUT2D eigenvalue weighted by molar-refractivity contribution is -0.700. The minimum Gasteiger partial charge on any atom is -0.622 e. The Bertz CT molecular complexity index is 1080. The van der Waals surface area contributed by atoms with Gasteiger partial charge in [0.05, 0.1) is 42.9 Å². The maximum atomic E-state index is 13.5. The van der Waals surface area contributed by atoms with Crippen molar-refractivity contribution < 1.29 is 23.7 Å². The van der Waals surface area contributed by atoms with Crippen molar-refractivity contribution in [1.29, 1.82) is 0 Å². The Kier molecular flexibility index (Phi) is 7.33. The van der Waals surface area contributed by atoms with Crippen molar-refractivity contribution in [3.8, 4) is 11.5 Å². The first-order valence-electron chi connectivity index (χ1n) is 10.3. The Labute approximate surface area is 190 Å². The zero-order chi connectivity index (χ0) is 22.5. The summed E-state index contributed by atoms with van der Waals surface area (Å²) in [7, 11) is 1.55. The minimum absolute atomic E-state index is 0.125. The van der Waals surface area contributed by atoms with Crippen molar-refractivity contribution in [2.45, 2.75) is 6.42 Å². The van der Waals surface area contributed by atoms with E-state index in [9.17, 15) is 9.60 Å². The normalized spacial score (nSPS) is 15.6. The first-order valence-corrected chi connectivity index (χ1v) is 10.7. The molecule has 0 spiro atoms. The van der Waals surface area contributed by atoms with Gasteiger partial charge in [0.2, 0.25) is 5.82 Å². The summed E-state index contributed by atoms with van der Waals surface area (Å²) in [6.07, 6.45) is 2.15. The van der Waals surface area contributed by atoms with Crippen LogP contribution in [0.1, 0.15) is 6.42 Å². The molecule has 1 unspecified atom stereocenters. The maximum absolute atomic E-state index is 13.5. The van der Waals surface area contributed by atoms with Crippen LogP contribution in [0.25, 0.3) is 10.9 Å². The number of aromatic nitrogens is 2. The summed E-state index contributed by atoms with van der Waals surface area (Å²) in [6.45, 7) is 4.77. The number of benzene rings is 2. The van der Waals surface area contributed by atoms with E-state index in [-0.39, 0.29) is 21.6 Å². The molecule has 170 valence electrons. The summed E-state index contributed by atoms with van der Waals surface area (Å²) < 4.78 is 30.3. The third-order valence-electron chi connectivity index (χ3n) is 5.30. The van der Waals surface area contributed by atoms with E-state index in [1.54, 1.807) is 19.2 Å². The van der Waals surface area contributed by atoms with Gasteiger partial charge in [0.15, 0.2) is 11.5 Å². The average Bonchev–Trinajstić information content (AvgIpc) is 2.83. The molecule has 0 saturated carbocycles. The van der Waals surface area contributed by atoms with Gasteiger partial charge in [-0.15, -0.1) is 0 Å². The van der Waals surface area contributed by atoms with E-state index < -0.39 is 5.82 Å². The molecule has 1 fully saturated rings. The maximum Gasteiger partial charge on any atom is 0.242 e. The zero-order valence-electron chi connectivity index (χ0n) is 17.6. The van der Waals surface area contributed by atoms with Gasteiger partial charge in [0.25, 0.3) is 0 Å². The molecule has 2 heterocycles. The first-order chi connectivity index (χ1) is 15.6. The molecule has 10 heteroatoms. The number of halogens is 2. The number of morpholine rings is 1. The van der Waals surface area contributed by atoms with E-state index in [4.69, 9.17) is 25.8 Å². The molecule has 4 rings (SSSR count). The Morgan fingerprint density at radius 2 is 2.00 bits per heavy atom. The smallest absolute Gasteiger partial charge is 0.242 e. The number of nitrogens with one attached hydrogen (secondary N) is 1. The third kappa shape index (κ3) is 5.08. The molecule has 8 nitrogen and oxygen atoms in total. The van der Waals surface area contributed by atoms with Crippen LogP contribution in [0.15, 0.2) is 36.7 Å². The molecule has 1 aromatic heterocycles. The molecule has 0 aliphatic carbocycles. The number of rotatable bonds is 8. The number of hydrogen-bond donors (Lipinski definition) is 1. The topological polar surface area (TPSA) is 84.2 Å². The first kappa shape index (κ1) is 22.6. The van der Waals surface area contributed by atoms with E-state index in [0.29, 0.717) is 29.0 Å². The molecule has 0 amide bonds. The number of methoxy groups -OCH3 is 1. The van der Waals surface area contributed by atoms with Crippen LogP contribution in [0, 0.1) is 11.0 Å². The molecule has 2 aromatic carbocycles. The average molecular weight is 463 g/mol. The third-order valence-corrected chi connectivity index (χ3v) is 5.59. The van der Waals surface area contributed by atoms with Crippen molar-refractivity contribution in [3.63, 3.8) is 0 Å². The van der Waals surface area contributed by atoms with Crippen LogP contribution in [-0.4, -0.2) is 61.4 Å². The van der Waals surface area contributed by atoms with Crippen LogP contribution < -0.4 is 14.5 Å². The van der Waals surface area contributed by atoms with Gasteiger partial charge >= 0.3 is 0 Å². The second-order valence-electron chi connectivity index (χ2n) is 7.36. The lowest BCUT2D eigenvalue weighted by Gasteiger charge is -2.26. The van der Waals surface area contributed by atoms with Gasteiger partial charge < -0.3 is 19.4 Å². The molecule has 1 aliphatic heterocycles. The van der Waals surface area contributed by atoms with Gasteiger partial charge in [0, 0.05) is 43.9 Å². The fourth-order valence-corrected chi connectivity index (χ4v) is 3.77. The SMILES string of the molecule is COc1cc2ncnc([NH+]([O-])c3ccc(F)c(Cl)c3)c2cc1OCCCN1CCOCC1. The Morgan fingerprint density at radius 1 is 1.19 bits per heavy atom. The summed E-state index contributed by atoms with van der Waals surface area (Å²) in [5.41, 5.74) is 0.772. The molecule has 3 aromatic rings. The number of ether oxygens (including phenoxy) is 3.